The van der Waals surface area contributed by atoms with Crippen molar-refractivity contribution >= 4 is 42.2 Å². The molecular formula is C66H70O33. The highest BCUT2D eigenvalue weighted by atomic mass is 16.8. The van der Waals surface area contributed by atoms with Crippen LogP contribution < -0.4 is 14.2 Å². The largest absolute Gasteiger partial charge is 0.508 e. The van der Waals surface area contributed by atoms with Crippen molar-refractivity contribution in [3.8, 4) is 51.7 Å². The fraction of sp³-hybridized carbons (Fsp3) is 0.379. The summed E-state index contributed by atoms with van der Waals surface area (Å²) in [5.74, 6) is -6.79. The third-order valence-corrected chi connectivity index (χ3v) is 16.2. The maximum absolute atomic E-state index is 13.4. The Balaban J connectivity index is 0.876. The zero-order valence-corrected chi connectivity index (χ0v) is 51.4. The number of ether oxygens (including phenoxy) is 12. The lowest BCUT2D eigenvalue weighted by molar-refractivity contribution is -0.364. The van der Waals surface area contributed by atoms with Crippen molar-refractivity contribution in [3.05, 3.63) is 149 Å². The molecule has 0 amide bonds. The van der Waals surface area contributed by atoms with E-state index < -0.39 is 202 Å². The Morgan fingerprint density at radius 1 is 0.404 bits per heavy atom. The van der Waals surface area contributed by atoms with E-state index in [2.05, 4.69) is 0 Å². The number of aromatic hydroxyl groups is 6. The maximum Gasteiger partial charge on any atom is 0.330 e. The molecule has 0 aromatic heterocycles. The van der Waals surface area contributed by atoms with Gasteiger partial charge in [0.25, 0.3) is 0 Å². The number of rotatable bonds is 22. The first-order valence-corrected chi connectivity index (χ1v) is 30.3. The number of carbonyl (C=O) groups excluding carboxylic acids is 3. The van der Waals surface area contributed by atoms with E-state index in [-0.39, 0.29) is 45.4 Å². The zero-order valence-electron chi connectivity index (χ0n) is 51.4. The fourth-order valence-corrected chi connectivity index (χ4v) is 10.7. The fourth-order valence-electron chi connectivity index (χ4n) is 10.7. The smallest absolute Gasteiger partial charge is 0.330 e. The molecular weight excluding hydrogens is 1320 g/mol. The van der Waals surface area contributed by atoms with Crippen LogP contribution in [-0.2, 0) is 57.0 Å². The van der Waals surface area contributed by atoms with Crippen LogP contribution in [0.3, 0.4) is 0 Å². The summed E-state index contributed by atoms with van der Waals surface area (Å²) in [5.41, 5.74) is 0.979. The monoisotopic (exact) mass is 1390 g/mol. The predicted octanol–water partition coefficient (Wildman–Crippen LogP) is -1.81. The van der Waals surface area contributed by atoms with Gasteiger partial charge in [0.15, 0.2) is 41.5 Å². The topological polar surface area (TPSA) is 526 Å². The Bertz CT molecular complexity index is 3750. The van der Waals surface area contributed by atoms with Gasteiger partial charge in [-0.1, -0.05) is 36.4 Å². The van der Waals surface area contributed by atoms with Gasteiger partial charge >= 0.3 is 17.9 Å². The minimum Gasteiger partial charge on any atom is -0.508 e. The molecule has 21 atom stereocenters. The Hall–Kier alpha value is -9.21. The van der Waals surface area contributed by atoms with Crippen molar-refractivity contribution in [1.29, 1.82) is 0 Å². The SMILES string of the molecule is O=C(/C=C\c1ccc(O)cc1)OC[C@@H]1O[C@@H](Oc2ccc(/C=C\C(=O)OC[C@@H]3O[C@H](OC4=Cc5c(cc(O)cc5O[C@H]5O[C@@H](CO)[C@@H](O)[C@H](O)[C@H]5O)OC4c4ccc(O)c(O)c4)[C@H](O[C@@H]4O[C@@H](COC(=O)/C=C\c5ccc(O)cc5)[C@@H](O)[C@H](O)[C@H]4O)[C@@H](O)[C@@H]3O)cc2O)[C@H](O)[C@@H](O)[C@@H]1O. The summed E-state index contributed by atoms with van der Waals surface area (Å²) in [6, 6.07) is 20.6. The highest BCUT2D eigenvalue weighted by Crippen LogP contribution is 2.47. The number of benzene rings is 5. The van der Waals surface area contributed by atoms with Crippen LogP contribution in [0.5, 0.6) is 51.7 Å². The van der Waals surface area contributed by atoms with E-state index in [1.807, 2.05) is 0 Å². The molecule has 5 aromatic carbocycles. The van der Waals surface area contributed by atoms with Crippen LogP contribution in [0.25, 0.3) is 24.3 Å². The molecule has 0 radical (unpaired) electrons. The van der Waals surface area contributed by atoms with E-state index in [9.17, 15) is 106 Å². The molecule has 532 valence electrons. The third-order valence-electron chi connectivity index (χ3n) is 16.2. The van der Waals surface area contributed by atoms with Gasteiger partial charge in [0, 0.05) is 35.9 Å². The molecule has 10 rings (SSSR count). The standard InChI is InChI=1S/C66H70O33/c67-24-43-50(77)54(81)58(85)64(95-43)93-41-22-34(70)21-40-35(41)23-42(61(91-40)31-9-14-36(71)37(72)20-31)94-66-62(99-65-60(87)56(83)52(79)45(97-65)26-89-48(75)17-7-29-3-12-33(69)13-4-29)57(84)53(80)46(98-66)27-90-49(76)18-8-30-5-15-39(38(73)19-30)92-63-59(86)55(82)51(78)44(96-63)25-88-47(74)16-6-28-1-10-32(68)11-2-28/h1-23,43-46,50-73,77-87H,24-27H2/b16-6-,17-7-,18-8-/t43-,44-,45-,46-,50+,51+,52+,53+,54-,55-,56-,57-,58+,59+,60+,61?,62+,63+,64-,65-,66-/m0/s1. The molecule has 5 aromatic rings. The minimum atomic E-state index is -2.24. The third kappa shape index (κ3) is 17.3. The van der Waals surface area contributed by atoms with E-state index >= 15 is 0 Å². The van der Waals surface area contributed by atoms with Gasteiger partial charge in [-0.2, -0.15) is 0 Å². The van der Waals surface area contributed by atoms with Gasteiger partial charge in [-0.15, -0.1) is 0 Å². The first-order chi connectivity index (χ1) is 47.2. The zero-order chi connectivity index (χ0) is 71.1. The molecule has 99 heavy (non-hydrogen) atoms. The second-order valence-electron chi connectivity index (χ2n) is 23.2. The molecule has 33 nitrogen and oxygen atoms in total. The van der Waals surface area contributed by atoms with Crippen molar-refractivity contribution in [2.24, 2.45) is 0 Å². The van der Waals surface area contributed by atoms with Crippen LogP contribution in [0.4, 0.5) is 0 Å². The van der Waals surface area contributed by atoms with E-state index in [4.69, 9.17) is 56.8 Å². The molecule has 0 saturated carbocycles. The number of esters is 3. The van der Waals surface area contributed by atoms with Crippen molar-refractivity contribution in [1.82, 2.24) is 0 Å². The number of aliphatic hydroxyl groups is 12. The lowest BCUT2D eigenvalue weighted by Crippen LogP contribution is -2.64. The molecule has 0 bridgehead atoms. The van der Waals surface area contributed by atoms with E-state index in [0.717, 1.165) is 54.6 Å². The highest BCUT2D eigenvalue weighted by molar-refractivity contribution is 5.88. The minimum absolute atomic E-state index is 0.00470. The maximum atomic E-state index is 13.4. The van der Waals surface area contributed by atoms with Gasteiger partial charge in [-0.3, -0.25) is 0 Å². The number of hydrogen-bond donors (Lipinski definition) is 18. The van der Waals surface area contributed by atoms with Crippen molar-refractivity contribution in [2.45, 2.75) is 129 Å². The van der Waals surface area contributed by atoms with Crippen LogP contribution in [0.1, 0.15) is 33.9 Å². The van der Waals surface area contributed by atoms with E-state index in [0.29, 0.717) is 11.1 Å². The molecule has 5 heterocycles. The lowest BCUT2D eigenvalue weighted by Gasteiger charge is -2.46. The summed E-state index contributed by atoms with van der Waals surface area (Å²) in [6.45, 7) is -3.19. The van der Waals surface area contributed by atoms with Gasteiger partial charge < -0.3 is 149 Å². The van der Waals surface area contributed by atoms with Crippen LogP contribution in [0, 0.1) is 0 Å². The van der Waals surface area contributed by atoms with Crippen LogP contribution >= 0.6 is 0 Å². The number of phenolic OH excluding ortho intramolecular Hbond substituents is 6. The summed E-state index contributed by atoms with van der Waals surface area (Å²) >= 11 is 0. The molecule has 5 aliphatic rings. The quantitative estimate of drug-likeness (QED) is 0.0157. The van der Waals surface area contributed by atoms with Crippen molar-refractivity contribution < 1.29 is 163 Å². The average Bonchev–Trinajstić information content (AvgIpc) is 0.775. The first kappa shape index (κ1) is 72.5. The summed E-state index contributed by atoms with van der Waals surface area (Å²) in [5, 5.41) is 193. The molecule has 33 heteroatoms. The number of hydrogen-bond acceptors (Lipinski definition) is 33. The van der Waals surface area contributed by atoms with E-state index in [1.54, 1.807) is 0 Å². The number of fused-ring (bicyclic) bond motifs is 1. The van der Waals surface area contributed by atoms with Crippen molar-refractivity contribution in [3.63, 3.8) is 0 Å². The predicted molar refractivity (Wildman–Crippen MR) is 329 cm³/mol. The summed E-state index contributed by atoms with van der Waals surface area (Å²) < 4.78 is 69.5. The van der Waals surface area contributed by atoms with Crippen LogP contribution in [0.15, 0.2) is 121 Å². The Morgan fingerprint density at radius 2 is 0.859 bits per heavy atom. The second-order valence-corrected chi connectivity index (χ2v) is 23.2. The summed E-state index contributed by atoms with van der Waals surface area (Å²) in [6.07, 6.45) is -31.9. The normalized spacial score (nSPS) is 31.6. The Morgan fingerprint density at radius 3 is 1.37 bits per heavy atom. The van der Waals surface area contributed by atoms with Gasteiger partial charge in [0.2, 0.25) is 18.9 Å². The number of carbonyl (C=O) groups is 3. The summed E-state index contributed by atoms with van der Waals surface area (Å²) in [4.78, 5) is 38.7. The molecule has 1 unspecified atom stereocenters. The first-order valence-electron chi connectivity index (χ1n) is 30.3. The van der Waals surface area contributed by atoms with Crippen molar-refractivity contribution in [2.75, 3.05) is 26.4 Å². The average molecular weight is 1390 g/mol. The highest BCUT2D eigenvalue weighted by Gasteiger charge is 2.53. The van der Waals surface area contributed by atoms with Gasteiger partial charge in [0.1, 0.15) is 146 Å². The molecule has 0 aliphatic carbocycles. The summed E-state index contributed by atoms with van der Waals surface area (Å²) in [7, 11) is 0. The molecule has 4 fully saturated rings. The molecule has 5 aliphatic heterocycles. The Kier molecular flexibility index (Phi) is 23.3. The molecule has 18 N–H and O–H groups in total. The van der Waals surface area contributed by atoms with Crippen LogP contribution in [-0.4, -0.2) is 259 Å². The van der Waals surface area contributed by atoms with Crippen LogP contribution in [0.2, 0.25) is 0 Å². The van der Waals surface area contributed by atoms with Gasteiger partial charge in [-0.25, -0.2) is 14.4 Å². The van der Waals surface area contributed by atoms with Gasteiger partial charge in [-0.05, 0) is 89.5 Å². The number of phenols is 6. The number of aliphatic hydroxyl groups excluding tert-OH is 12. The lowest BCUT2D eigenvalue weighted by atomic mass is 9.97. The van der Waals surface area contributed by atoms with E-state index in [1.165, 1.54) is 85.0 Å². The second kappa shape index (κ2) is 31.8. The van der Waals surface area contributed by atoms with Gasteiger partial charge in [0.05, 0.1) is 12.2 Å². The Labute approximate surface area is 559 Å². The molecule has 4 saturated heterocycles. The molecule has 0 spiro atoms.